The first-order valence-electron chi connectivity index (χ1n) is 14.8. The number of benzene rings is 3. The third-order valence-electron chi connectivity index (χ3n) is 7.61. The van der Waals surface area contributed by atoms with E-state index in [2.05, 4.69) is 40.7 Å². The average molecular weight is 612 g/mol. The lowest BCUT2D eigenvalue weighted by Gasteiger charge is -2.13. The van der Waals surface area contributed by atoms with Crippen LogP contribution in [0.5, 0.6) is 0 Å². The number of likely N-dealkylation sites (N-methyl/N-ethyl adjacent to an activating group) is 1. The minimum atomic E-state index is -0.325. The molecular weight excluding hydrogens is 581 g/mol. The molecule has 46 heavy (non-hydrogen) atoms. The molecule has 228 valence electrons. The summed E-state index contributed by atoms with van der Waals surface area (Å²) in [5, 5.41) is 14.6. The summed E-state index contributed by atoms with van der Waals surface area (Å²) in [4.78, 5) is 32.0. The molecule has 0 atom stereocenters. The van der Waals surface area contributed by atoms with E-state index in [0.29, 0.717) is 46.2 Å². The lowest BCUT2D eigenvalue weighted by molar-refractivity contribution is 0.102. The molecule has 3 aromatic carbocycles. The maximum absolute atomic E-state index is 14.7. The van der Waals surface area contributed by atoms with Crippen molar-refractivity contribution in [2.24, 2.45) is 0 Å². The van der Waals surface area contributed by atoms with Crippen molar-refractivity contribution in [2.45, 2.75) is 0 Å². The van der Waals surface area contributed by atoms with Gasteiger partial charge in [-0.2, -0.15) is 5.10 Å². The Bertz CT molecular complexity index is 2190. The van der Waals surface area contributed by atoms with Crippen LogP contribution in [0, 0.1) is 5.82 Å². The number of imidazole rings is 1. The summed E-state index contributed by atoms with van der Waals surface area (Å²) in [5.41, 5.74) is 7.59. The molecule has 1 amide bonds. The van der Waals surface area contributed by atoms with Gasteiger partial charge in [0.1, 0.15) is 11.5 Å². The number of carbonyl (C=O) groups excluding carboxylic acids is 1. The zero-order chi connectivity index (χ0) is 31.6. The fourth-order valence-corrected chi connectivity index (χ4v) is 5.34. The quantitative estimate of drug-likeness (QED) is 0.145. The molecule has 0 aliphatic carbocycles. The Morgan fingerprint density at radius 3 is 2.59 bits per heavy atom. The SMILES string of the molecule is CN(C)CCNc1cc(F)cc(-c2cccc3[nH]c(-c4n[nH]c5cnc(-c6cncc(NC(=O)c7ccccc7)c6)cc45)nc23)c1. The minimum absolute atomic E-state index is 0.223. The van der Waals surface area contributed by atoms with Crippen molar-refractivity contribution in [2.75, 3.05) is 37.8 Å². The first-order valence-corrected chi connectivity index (χ1v) is 14.8. The molecule has 11 heteroatoms. The van der Waals surface area contributed by atoms with Crippen molar-refractivity contribution in [1.82, 2.24) is 35.0 Å². The fourth-order valence-electron chi connectivity index (χ4n) is 5.34. The molecule has 0 aliphatic heterocycles. The number of aromatic amines is 2. The number of hydrogen-bond donors (Lipinski definition) is 4. The molecule has 4 heterocycles. The molecule has 0 fully saturated rings. The Morgan fingerprint density at radius 2 is 1.74 bits per heavy atom. The summed E-state index contributed by atoms with van der Waals surface area (Å²) in [6, 6.07) is 23.5. The predicted octanol–water partition coefficient (Wildman–Crippen LogP) is 6.60. The predicted molar refractivity (Wildman–Crippen MR) is 179 cm³/mol. The largest absolute Gasteiger partial charge is 0.384 e. The highest BCUT2D eigenvalue weighted by atomic mass is 19.1. The summed E-state index contributed by atoms with van der Waals surface area (Å²) in [7, 11) is 4.00. The first-order chi connectivity index (χ1) is 22.4. The Balaban J connectivity index is 1.21. The fraction of sp³-hybridized carbons (Fsp3) is 0.114. The second kappa shape index (κ2) is 12.2. The van der Waals surface area contributed by atoms with Gasteiger partial charge in [0.15, 0.2) is 5.82 Å². The molecule has 10 nitrogen and oxygen atoms in total. The molecule has 0 radical (unpaired) electrons. The van der Waals surface area contributed by atoms with E-state index in [1.165, 1.54) is 12.1 Å². The first kappa shape index (κ1) is 28.8. The van der Waals surface area contributed by atoms with Crippen molar-refractivity contribution in [3.63, 3.8) is 0 Å². The maximum Gasteiger partial charge on any atom is 0.255 e. The van der Waals surface area contributed by atoms with E-state index in [0.717, 1.165) is 39.7 Å². The van der Waals surface area contributed by atoms with Crippen LogP contribution >= 0.6 is 0 Å². The van der Waals surface area contributed by atoms with Crippen molar-refractivity contribution in [3.05, 3.63) is 109 Å². The van der Waals surface area contributed by atoms with Crippen molar-refractivity contribution < 1.29 is 9.18 Å². The number of amides is 1. The monoisotopic (exact) mass is 611 g/mol. The van der Waals surface area contributed by atoms with Crippen molar-refractivity contribution in [1.29, 1.82) is 0 Å². The van der Waals surface area contributed by atoms with Crippen LogP contribution in [0.1, 0.15) is 10.4 Å². The normalized spacial score (nSPS) is 11.4. The van der Waals surface area contributed by atoms with E-state index in [4.69, 9.17) is 4.98 Å². The number of fused-ring (bicyclic) bond motifs is 2. The van der Waals surface area contributed by atoms with Crippen LogP contribution in [-0.4, -0.2) is 68.1 Å². The summed E-state index contributed by atoms with van der Waals surface area (Å²) in [6.07, 6.45) is 5.00. The van der Waals surface area contributed by atoms with Crippen molar-refractivity contribution in [3.8, 4) is 33.9 Å². The number of pyridine rings is 2. The Hall–Kier alpha value is -5.94. The van der Waals surface area contributed by atoms with E-state index in [1.807, 2.05) is 68.7 Å². The van der Waals surface area contributed by atoms with Crippen LogP contribution in [0.3, 0.4) is 0 Å². The molecule has 7 rings (SSSR count). The van der Waals surface area contributed by atoms with Crippen LogP contribution in [0.2, 0.25) is 0 Å². The number of halogens is 1. The van der Waals surface area contributed by atoms with Gasteiger partial charge in [-0.1, -0.05) is 30.3 Å². The van der Waals surface area contributed by atoms with Crippen molar-refractivity contribution >= 4 is 39.2 Å². The smallest absolute Gasteiger partial charge is 0.255 e. The Morgan fingerprint density at radius 1 is 0.891 bits per heavy atom. The number of anilines is 2. The highest BCUT2D eigenvalue weighted by molar-refractivity contribution is 6.04. The maximum atomic E-state index is 14.7. The van der Waals surface area contributed by atoms with E-state index >= 15 is 0 Å². The molecular formula is C35H30FN9O. The molecule has 4 aromatic heterocycles. The van der Waals surface area contributed by atoms with Crippen LogP contribution in [0.15, 0.2) is 97.5 Å². The number of rotatable bonds is 9. The van der Waals surface area contributed by atoms with E-state index < -0.39 is 0 Å². The molecule has 7 aromatic rings. The van der Waals surface area contributed by atoms with E-state index in [9.17, 15) is 9.18 Å². The zero-order valence-electron chi connectivity index (χ0n) is 25.2. The van der Waals surface area contributed by atoms with Crippen LogP contribution < -0.4 is 10.6 Å². The van der Waals surface area contributed by atoms with Crippen LogP contribution in [0.4, 0.5) is 15.8 Å². The zero-order valence-corrected chi connectivity index (χ0v) is 25.2. The highest BCUT2D eigenvalue weighted by Crippen LogP contribution is 2.34. The van der Waals surface area contributed by atoms with Gasteiger partial charge in [-0.25, -0.2) is 9.37 Å². The van der Waals surface area contributed by atoms with Gasteiger partial charge in [-0.15, -0.1) is 0 Å². The molecule has 0 bridgehead atoms. The molecule has 4 N–H and O–H groups in total. The lowest BCUT2D eigenvalue weighted by Crippen LogP contribution is -2.20. The standard InChI is InChI=1S/C35H30FN9O/c1-45(2)12-11-38-25-14-22(13-24(36)16-25)27-9-6-10-29-32(27)42-34(41-29)33-28-17-30(39-20-31(28)43-44-33)23-15-26(19-37-18-23)40-35(46)21-7-4-3-5-8-21/h3-10,13-20,38H,11-12H2,1-2H3,(H,40,46)(H,41,42)(H,43,44). The second-order valence-electron chi connectivity index (χ2n) is 11.2. The average Bonchev–Trinajstić information content (AvgIpc) is 3.69. The van der Waals surface area contributed by atoms with Gasteiger partial charge in [-0.3, -0.25) is 19.9 Å². The molecule has 0 saturated heterocycles. The topological polar surface area (TPSA) is 128 Å². The Kier molecular flexibility index (Phi) is 7.65. The van der Waals surface area contributed by atoms with Gasteiger partial charge in [0.2, 0.25) is 0 Å². The summed E-state index contributed by atoms with van der Waals surface area (Å²) < 4.78 is 14.7. The second-order valence-corrected chi connectivity index (χ2v) is 11.2. The molecule has 0 saturated carbocycles. The van der Waals surface area contributed by atoms with Gasteiger partial charge in [0, 0.05) is 47.1 Å². The van der Waals surface area contributed by atoms with Gasteiger partial charge >= 0.3 is 0 Å². The number of aromatic nitrogens is 6. The summed E-state index contributed by atoms with van der Waals surface area (Å²) in [5.74, 6) is 0.0158. The van der Waals surface area contributed by atoms with E-state index in [-0.39, 0.29) is 11.7 Å². The number of carbonyl (C=O) groups is 1. The number of para-hydroxylation sites is 1. The number of nitrogens with one attached hydrogen (secondary N) is 4. The van der Waals surface area contributed by atoms with Gasteiger partial charge < -0.3 is 20.5 Å². The summed E-state index contributed by atoms with van der Waals surface area (Å²) >= 11 is 0. The highest BCUT2D eigenvalue weighted by Gasteiger charge is 2.17. The molecule has 0 spiro atoms. The summed E-state index contributed by atoms with van der Waals surface area (Å²) in [6.45, 7) is 1.52. The van der Waals surface area contributed by atoms with Gasteiger partial charge in [0.25, 0.3) is 5.91 Å². The minimum Gasteiger partial charge on any atom is -0.384 e. The van der Waals surface area contributed by atoms with Crippen LogP contribution in [-0.2, 0) is 0 Å². The molecule has 0 aliphatic rings. The number of hydrogen-bond acceptors (Lipinski definition) is 7. The third-order valence-corrected chi connectivity index (χ3v) is 7.61. The van der Waals surface area contributed by atoms with Gasteiger partial charge in [0.05, 0.1) is 40.3 Å². The van der Waals surface area contributed by atoms with Gasteiger partial charge in [-0.05, 0) is 68.2 Å². The third kappa shape index (κ3) is 5.91. The van der Waals surface area contributed by atoms with E-state index in [1.54, 1.807) is 30.7 Å². The lowest BCUT2D eigenvalue weighted by atomic mass is 10.0. The number of nitrogens with zero attached hydrogens (tertiary/aromatic N) is 5. The Labute approximate surface area is 263 Å². The van der Waals surface area contributed by atoms with Crippen LogP contribution in [0.25, 0.3) is 55.8 Å². The molecule has 0 unspecified atom stereocenters. The number of H-pyrrole nitrogens is 2.